The molecule has 1 N–H and O–H groups in total. The summed E-state index contributed by atoms with van der Waals surface area (Å²) in [7, 11) is 0. The highest BCUT2D eigenvalue weighted by molar-refractivity contribution is 6.02. The van der Waals surface area contributed by atoms with Gasteiger partial charge in [0, 0.05) is 42.8 Å². The first kappa shape index (κ1) is 17.4. The average molecular weight is 323 g/mol. The third-order valence-electron chi connectivity index (χ3n) is 3.56. The van der Waals surface area contributed by atoms with Gasteiger partial charge in [0.2, 0.25) is 5.91 Å². The molecule has 0 aliphatic carbocycles. The highest BCUT2D eigenvalue weighted by Gasteiger charge is 2.11. The number of nitrogens with zero attached hydrogens (tertiary/aromatic N) is 2. The van der Waals surface area contributed by atoms with Gasteiger partial charge in [0.25, 0.3) is 5.91 Å². The molecule has 2 amide bonds. The number of hydrogen-bond donors (Lipinski definition) is 1. The SMILES string of the molecule is CCN(CC)C(=O)c1ccc(NC(=O)/C=C/c2cccnc2)cc1. The predicted molar refractivity (Wildman–Crippen MR) is 95.6 cm³/mol. The van der Waals surface area contributed by atoms with Gasteiger partial charge in [0.05, 0.1) is 0 Å². The van der Waals surface area contributed by atoms with Crippen LogP contribution in [0.25, 0.3) is 6.08 Å². The molecule has 0 radical (unpaired) electrons. The fourth-order valence-electron chi connectivity index (χ4n) is 2.22. The number of benzene rings is 1. The quantitative estimate of drug-likeness (QED) is 0.830. The summed E-state index contributed by atoms with van der Waals surface area (Å²) < 4.78 is 0. The lowest BCUT2D eigenvalue weighted by molar-refractivity contribution is -0.111. The van der Waals surface area contributed by atoms with Gasteiger partial charge in [0.15, 0.2) is 0 Å². The van der Waals surface area contributed by atoms with Crippen molar-refractivity contribution in [2.45, 2.75) is 13.8 Å². The minimum Gasteiger partial charge on any atom is -0.339 e. The van der Waals surface area contributed by atoms with Gasteiger partial charge < -0.3 is 10.2 Å². The molecule has 24 heavy (non-hydrogen) atoms. The molecule has 124 valence electrons. The summed E-state index contributed by atoms with van der Waals surface area (Å²) in [5.74, 6) is -0.240. The molecule has 0 unspecified atom stereocenters. The second kappa shape index (κ2) is 8.62. The van der Waals surface area contributed by atoms with E-state index in [4.69, 9.17) is 0 Å². The van der Waals surface area contributed by atoms with E-state index in [-0.39, 0.29) is 11.8 Å². The number of nitrogens with one attached hydrogen (secondary N) is 1. The van der Waals surface area contributed by atoms with Crippen LogP contribution in [0.15, 0.2) is 54.9 Å². The van der Waals surface area contributed by atoms with E-state index in [0.29, 0.717) is 24.3 Å². The Balaban J connectivity index is 1.97. The van der Waals surface area contributed by atoms with Crippen molar-refractivity contribution in [2.24, 2.45) is 0 Å². The number of aromatic nitrogens is 1. The number of anilines is 1. The van der Waals surface area contributed by atoms with E-state index in [1.807, 2.05) is 26.0 Å². The molecule has 0 fully saturated rings. The van der Waals surface area contributed by atoms with Crippen LogP contribution in [-0.4, -0.2) is 34.8 Å². The van der Waals surface area contributed by atoms with E-state index >= 15 is 0 Å². The lowest BCUT2D eigenvalue weighted by atomic mass is 10.1. The van der Waals surface area contributed by atoms with Crippen LogP contribution in [0.5, 0.6) is 0 Å². The molecule has 0 atom stereocenters. The topological polar surface area (TPSA) is 62.3 Å². The molecule has 1 aromatic carbocycles. The average Bonchev–Trinajstić information content (AvgIpc) is 2.62. The Morgan fingerprint density at radius 1 is 1.12 bits per heavy atom. The van der Waals surface area contributed by atoms with Gasteiger partial charge in [-0.25, -0.2) is 0 Å². The lowest BCUT2D eigenvalue weighted by Gasteiger charge is -2.18. The number of amides is 2. The first-order valence-corrected chi connectivity index (χ1v) is 7.92. The van der Waals surface area contributed by atoms with Crippen molar-refractivity contribution in [3.05, 3.63) is 66.0 Å². The van der Waals surface area contributed by atoms with E-state index in [1.165, 1.54) is 6.08 Å². The van der Waals surface area contributed by atoms with Crippen molar-refractivity contribution in [1.82, 2.24) is 9.88 Å². The summed E-state index contributed by atoms with van der Waals surface area (Å²) in [6.07, 6.45) is 6.50. The number of rotatable bonds is 6. The van der Waals surface area contributed by atoms with E-state index < -0.39 is 0 Å². The van der Waals surface area contributed by atoms with Crippen molar-refractivity contribution >= 4 is 23.6 Å². The summed E-state index contributed by atoms with van der Waals surface area (Å²) >= 11 is 0. The first-order chi connectivity index (χ1) is 11.6. The normalized spacial score (nSPS) is 10.6. The zero-order chi connectivity index (χ0) is 17.4. The Labute approximate surface area is 142 Å². The second-order valence-corrected chi connectivity index (χ2v) is 5.16. The van der Waals surface area contributed by atoms with Crippen LogP contribution in [-0.2, 0) is 4.79 Å². The number of hydrogen-bond acceptors (Lipinski definition) is 3. The highest BCUT2D eigenvalue weighted by Crippen LogP contribution is 2.12. The fraction of sp³-hybridized carbons (Fsp3) is 0.211. The molecule has 0 aliphatic heterocycles. The maximum atomic E-state index is 12.2. The second-order valence-electron chi connectivity index (χ2n) is 5.16. The maximum Gasteiger partial charge on any atom is 0.253 e. The Morgan fingerprint density at radius 3 is 2.42 bits per heavy atom. The monoisotopic (exact) mass is 323 g/mol. The molecule has 2 rings (SSSR count). The summed E-state index contributed by atoms with van der Waals surface area (Å²) in [4.78, 5) is 29.9. The van der Waals surface area contributed by atoms with Crippen molar-refractivity contribution in [3.8, 4) is 0 Å². The Kier molecular flexibility index (Phi) is 6.25. The minimum absolute atomic E-state index is 0.00523. The van der Waals surface area contributed by atoms with E-state index in [9.17, 15) is 9.59 Å². The van der Waals surface area contributed by atoms with Crippen LogP contribution in [0, 0.1) is 0 Å². The number of carbonyl (C=O) groups is 2. The van der Waals surface area contributed by atoms with Gasteiger partial charge >= 0.3 is 0 Å². The first-order valence-electron chi connectivity index (χ1n) is 7.92. The summed E-state index contributed by atoms with van der Waals surface area (Å²) in [6, 6.07) is 10.6. The zero-order valence-corrected chi connectivity index (χ0v) is 13.9. The molecule has 5 nitrogen and oxygen atoms in total. The molecule has 0 spiro atoms. The number of pyridine rings is 1. The van der Waals surface area contributed by atoms with Gasteiger partial charge in [-0.05, 0) is 55.8 Å². The maximum absolute atomic E-state index is 12.2. The van der Waals surface area contributed by atoms with Gasteiger partial charge in [0.1, 0.15) is 0 Å². The molecule has 0 aliphatic rings. The molecule has 1 heterocycles. The highest BCUT2D eigenvalue weighted by atomic mass is 16.2. The number of carbonyl (C=O) groups excluding carboxylic acids is 2. The van der Waals surface area contributed by atoms with Gasteiger partial charge in [-0.1, -0.05) is 6.07 Å². The van der Waals surface area contributed by atoms with Crippen LogP contribution < -0.4 is 5.32 Å². The third-order valence-corrected chi connectivity index (χ3v) is 3.56. The molecule has 0 saturated heterocycles. The Bertz CT molecular complexity index is 705. The lowest BCUT2D eigenvalue weighted by Crippen LogP contribution is -2.30. The third kappa shape index (κ3) is 4.78. The van der Waals surface area contributed by atoms with Crippen molar-refractivity contribution < 1.29 is 9.59 Å². The van der Waals surface area contributed by atoms with Crippen LogP contribution in [0.4, 0.5) is 5.69 Å². The minimum atomic E-state index is -0.235. The van der Waals surface area contributed by atoms with E-state index in [2.05, 4.69) is 10.3 Å². The van der Waals surface area contributed by atoms with Crippen LogP contribution in [0.3, 0.4) is 0 Å². The van der Waals surface area contributed by atoms with Crippen LogP contribution in [0.1, 0.15) is 29.8 Å². The van der Waals surface area contributed by atoms with Gasteiger partial charge in [-0.2, -0.15) is 0 Å². The molecular formula is C19H21N3O2. The van der Waals surface area contributed by atoms with Gasteiger partial charge in [-0.3, -0.25) is 14.6 Å². The summed E-state index contributed by atoms with van der Waals surface area (Å²) in [5, 5.41) is 2.76. The molecular weight excluding hydrogens is 302 g/mol. The van der Waals surface area contributed by atoms with Crippen molar-refractivity contribution in [3.63, 3.8) is 0 Å². The standard InChI is InChI=1S/C19H21N3O2/c1-3-22(4-2)19(24)16-8-10-17(11-9-16)21-18(23)12-7-15-6-5-13-20-14-15/h5-14H,3-4H2,1-2H3,(H,21,23)/b12-7+. The largest absolute Gasteiger partial charge is 0.339 e. The fourth-order valence-corrected chi connectivity index (χ4v) is 2.22. The van der Waals surface area contributed by atoms with E-state index in [0.717, 1.165) is 5.56 Å². The van der Waals surface area contributed by atoms with E-state index in [1.54, 1.807) is 47.6 Å². The molecule has 1 aromatic heterocycles. The Hall–Kier alpha value is -2.95. The van der Waals surface area contributed by atoms with Crippen molar-refractivity contribution in [1.29, 1.82) is 0 Å². The van der Waals surface area contributed by atoms with Crippen LogP contribution >= 0.6 is 0 Å². The molecule has 5 heteroatoms. The predicted octanol–water partition coefficient (Wildman–Crippen LogP) is 3.22. The molecule has 0 bridgehead atoms. The molecule has 0 saturated carbocycles. The van der Waals surface area contributed by atoms with Crippen molar-refractivity contribution in [2.75, 3.05) is 18.4 Å². The molecule has 2 aromatic rings. The zero-order valence-electron chi connectivity index (χ0n) is 13.9. The summed E-state index contributed by atoms with van der Waals surface area (Å²) in [6.45, 7) is 5.25. The summed E-state index contributed by atoms with van der Waals surface area (Å²) in [5.41, 5.74) is 2.11. The smallest absolute Gasteiger partial charge is 0.253 e. The van der Waals surface area contributed by atoms with Crippen LogP contribution in [0.2, 0.25) is 0 Å². The Morgan fingerprint density at radius 2 is 1.83 bits per heavy atom. The van der Waals surface area contributed by atoms with Gasteiger partial charge in [-0.15, -0.1) is 0 Å².